The highest BCUT2D eigenvalue weighted by atomic mass is 32.2. The Bertz CT molecular complexity index is 875. The van der Waals surface area contributed by atoms with Gasteiger partial charge in [-0.3, -0.25) is 14.2 Å². The van der Waals surface area contributed by atoms with Crippen LogP contribution in [-0.2, 0) is 28.9 Å². The average Bonchev–Trinajstić information content (AvgIpc) is 3.04. The van der Waals surface area contributed by atoms with Gasteiger partial charge in [0.05, 0.1) is 24.3 Å². The lowest BCUT2D eigenvalue weighted by Crippen LogP contribution is -2.33. The molecule has 3 rings (SSSR count). The molecular formula is C19H27N3O3S2. The summed E-state index contributed by atoms with van der Waals surface area (Å²) in [4.78, 5) is 32.3. The number of hydrogen-bond acceptors (Lipinski definition) is 6. The van der Waals surface area contributed by atoms with Gasteiger partial charge in [0.15, 0.2) is 5.16 Å². The Kier molecular flexibility index (Phi) is 6.94. The lowest BCUT2D eigenvalue weighted by Gasteiger charge is -2.14. The summed E-state index contributed by atoms with van der Waals surface area (Å²) in [5, 5.41) is 4.33. The molecule has 2 aromatic rings. The molecular weight excluding hydrogens is 382 g/mol. The topological polar surface area (TPSA) is 73.2 Å². The van der Waals surface area contributed by atoms with Crippen molar-refractivity contribution in [3.63, 3.8) is 0 Å². The lowest BCUT2D eigenvalue weighted by molar-refractivity contribution is -0.119. The Hall–Kier alpha value is -1.38. The summed E-state index contributed by atoms with van der Waals surface area (Å²) in [6.45, 7) is 4.90. The van der Waals surface area contributed by atoms with Crippen LogP contribution in [0.2, 0.25) is 0 Å². The van der Waals surface area contributed by atoms with E-state index < -0.39 is 0 Å². The zero-order valence-corrected chi connectivity index (χ0v) is 17.8. The van der Waals surface area contributed by atoms with Gasteiger partial charge in [-0.25, -0.2) is 4.98 Å². The van der Waals surface area contributed by atoms with Gasteiger partial charge >= 0.3 is 0 Å². The number of aromatic nitrogens is 2. The minimum absolute atomic E-state index is 0.00119. The van der Waals surface area contributed by atoms with Crippen LogP contribution in [0.25, 0.3) is 10.2 Å². The zero-order valence-electron chi connectivity index (χ0n) is 16.2. The maximum absolute atomic E-state index is 13.2. The van der Waals surface area contributed by atoms with Gasteiger partial charge in [-0.1, -0.05) is 18.7 Å². The van der Waals surface area contributed by atoms with Crippen LogP contribution >= 0.6 is 23.1 Å². The number of nitrogens with one attached hydrogen (secondary N) is 1. The minimum atomic E-state index is -0.0348. The molecule has 0 saturated heterocycles. The third-order valence-corrected chi connectivity index (χ3v) is 7.07. The second kappa shape index (κ2) is 9.21. The van der Waals surface area contributed by atoms with Gasteiger partial charge in [-0.15, -0.1) is 11.3 Å². The first-order chi connectivity index (χ1) is 13.0. The Morgan fingerprint density at radius 3 is 2.93 bits per heavy atom. The monoisotopic (exact) mass is 409 g/mol. The van der Waals surface area contributed by atoms with Crippen LogP contribution in [0.5, 0.6) is 0 Å². The van der Waals surface area contributed by atoms with E-state index in [9.17, 15) is 9.59 Å². The van der Waals surface area contributed by atoms with Crippen LogP contribution in [0, 0.1) is 0 Å². The van der Waals surface area contributed by atoms with Gasteiger partial charge in [0.25, 0.3) is 5.56 Å². The minimum Gasteiger partial charge on any atom is -0.383 e. The van der Waals surface area contributed by atoms with Crippen LogP contribution in [0.3, 0.4) is 0 Å². The van der Waals surface area contributed by atoms with Crippen LogP contribution < -0.4 is 10.9 Å². The van der Waals surface area contributed by atoms with E-state index in [1.54, 1.807) is 23.0 Å². The summed E-state index contributed by atoms with van der Waals surface area (Å²) in [6, 6.07) is 0.147. The number of ether oxygens (including phenoxy) is 1. The van der Waals surface area contributed by atoms with Crippen LogP contribution in [0.15, 0.2) is 9.95 Å². The predicted octanol–water partition coefficient (Wildman–Crippen LogP) is 2.99. The highest BCUT2D eigenvalue weighted by molar-refractivity contribution is 7.99. The molecule has 1 aliphatic carbocycles. The van der Waals surface area contributed by atoms with E-state index in [1.807, 2.05) is 13.8 Å². The number of carbonyl (C=O) groups is 1. The summed E-state index contributed by atoms with van der Waals surface area (Å²) < 4.78 is 6.86. The van der Waals surface area contributed by atoms with Crippen molar-refractivity contribution in [2.45, 2.75) is 63.7 Å². The van der Waals surface area contributed by atoms with Crippen molar-refractivity contribution in [1.82, 2.24) is 14.9 Å². The van der Waals surface area contributed by atoms with E-state index >= 15 is 0 Å². The van der Waals surface area contributed by atoms with Crippen molar-refractivity contribution in [2.24, 2.45) is 0 Å². The van der Waals surface area contributed by atoms with Gasteiger partial charge in [-0.2, -0.15) is 0 Å². The molecule has 0 radical (unpaired) electrons. The first kappa shape index (κ1) is 20.4. The fourth-order valence-electron chi connectivity index (χ4n) is 3.26. The van der Waals surface area contributed by atoms with Crippen LogP contribution in [0.4, 0.5) is 0 Å². The summed E-state index contributed by atoms with van der Waals surface area (Å²) in [6.07, 6.45) is 5.19. The molecule has 1 aliphatic rings. The molecule has 2 heterocycles. The van der Waals surface area contributed by atoms with Crippen molar-refractivity contribution >= 4 is 39.2 Å². The quantitative estimate of drug-likeness (QED) is 0.536. The molecule has 0 spiro atoms. The van der Waals surface area contributed by atoms with Crippen molar-refractivity contribution < 1.29 is 9.53 Å². The number of rotatable bonds is 8. The molecule has 0 aromatic carbocycles. The SMILES string of the molecule is CC[C@@H](C)NC(=O)CSc1nc2sc3c(c2c(=O)n1CCOC)CCCC3. The molecule has 27 heavy (non-hydrogen) atoms. The molecule has 6 nitrogen and oxygen atoms in total. The normalized spacial score (nSPS) is 14.9. The number of carbonyl (C=O) groups excluding carboxylic acids is 1. The number of amides is 1. The van der Waals surface area contributed by atoms with E-state index in [2.05, 4.69) is 5.32 Å². The van der Waals surface area contributed by atoms with Crippen LogP contribution in [0.1, 0.15) is 43.6 Å². The number of thiophene rings is 1. The van der Waals surface area contributed by atoms with Gasteiger partial charge in [0.2, 0.25) is 5.91 Å². The average molecular weight is 410 g/mol. The van der Waals surface area contributed by atoms with E-state index in [0.29, 0.717) is 18.3 Å². The first-order valence-corrected chi connectivity index (χ1v) is 11.3. The molecule has 0 aliphatic heterocycles. The number of hydrogen-bond donors (Lipinski definition) is 1. The van der Waals surface area contributed by atoms with E-state index in [4.69, 9.17) is 9.72 Å². The van der Waals surface area contributed by atoms with Gasteiger partial charge in [0.1, 0.15) is 4.83 Å². The van der Waals surface area contributed by atoms with Crippen LogP contribution in [-0.4, -0.2) is 41.0 Å². The molecule has 0 unspecified atom stereocenters. The Morgan fingerprint density at radius 2 is 2.19 bits per heavy atom. The zero-order chi connectivity index (χ0) is 19.4. The summed E-state index contributed by atoms with van der Waals surface area (Å²) >= 11 is 2.96. The molecule has 0 fully saturated rings. The van der Waals surface area contributed by atoms with Crippen molar-refractivity contribution in [3.8, 4) is 0 Å². The van der Waals surface area contributed by atoms with Crippen molar-refractivity contribution in [3.05, 3.63) is 20.8 Å². The predicted molar refractivity (Wildman–Crippen MR) is 111 cm³/mol. The Labute approximate surface area is 167 Å². The summed E-state index contributed by atoms with van der Waals surface area (Å²) in [5.74, 6) is 0.216. The third kappa shape index (κ3) is 4.55. The lowest BCUT2D eigenvalue weighted by atomic mass is 9.97. The molecule has 1 N–H and O–H groups in total. The molecule has 0 bridgehead atoms. The third-order valence-electron chi connectivity index (χ3n) is 4.91. The highest BCUT2D eigenvalue weighted by Gasteiger charge is 2.22. The smallest absolute Gasteiger partial charge is 0.263 e. The molecule has 1 amide bonds. The molecule has 8 heteroatoms. The van der Waals surface area contributed by atoms with E-state index in [-0.39, 0.29) is 23.3 Å². The summed E-state index contributed by atoms with van der Waals surface area (Å²) in [7, 11) is 1.62. The number of thioether (sulfide) groups is 1. The van der Waals surface area contributed by atoms with Crippen molar-refractivity contribution in [1.29, 1.82) is 0 Å². The maximum atomic E-state index is 13.2. The maximum Gasteiger partial charge on any atom is 0.263 e. The number of fused-ring (bicyclic) bond motifs is 3. The molecule has 2 aromatic heterocycles. The largest absolute Gasteiger partial charge is 0.383 e. The number of nitrogens with zero attached hydrogens (tertiary/aromatic N) is 2. The summed E-state index contributed by atoms with van der Waals surface area (Å²) in [5.41, 5.74) is 1.19. The van der Waals surface area contributed by atoms with Gasteiger partial charge in [0, 0.05) is 18.0 Å². The molecule has 148 valence electrons. The van der Waals surface area contributed by atoms with E-state index in [1.165, 1.54) is 28.6 Å². The number of aryl methyl sites for hydroxylation is 2. The Morgan fingerprint density at radius 1 is 1.41 bits per heavy atom. The molecule has 0 saturated carbocycles. The Balaban J connectivity index is 1.93. The fraction of sp³-hybridized carbons (Fsp3) is 0.632. The van der Waals surface area contributed by atoms with Gasteiger partial charge < -0.3 is 10.1 Å². The first-order valence-electron chi connectivity index (χ1n) is 9.51. The van der Waals surface area contributed by atoms with Crippen molar-refractivity contribution in [2.75, 3.05) is 19.5 Å². The molecule has 1 atom stereocenters. The second-order valence-corrected chi connectivity index (χ2v) is 8.93. The van der Waals surface area contributed by atoms with E-state index in [0.717, 1.165) is 35.9 Å². The number of methoxy groups -OCH3 is 1. The standard InChI is InChI=1S/C19H27N3O3S2/c1-4-12(2)20-15(23)11-26-19-21-17-16(18(24)22(19)9-10-25-3)13-7-5-6-8-14(13)27-17/h12H,4-11H2,1-3H3,(H,20,23)/t12-/m1/s1. The fourth-order valence-corrected chi connectivity index (χ4v) is 5.40. The second-order valence-electron chi connectivity index (χ2n) is 6.90. The van der Waals surface area contributed by atoms with Gasteiger partial charge in [-0.05, 0) is 44.6 Å². The highest BCUT2D eigenvalue weighted by Crippen LogP contribution is 2.34.